The van der Waals surface area contributed by atoms with E-state index in [9.17, 15) is 44.3 Å². The average Bonchev–Trinajstić information content (AvgIpc) is 4.15. The zero-order chi connectivity index (χ0) is 51.9. The van der Waals surface area contributed by atoms with Crippen molar-refractivity contribution in [1.29, 1.82) is 0 Å². The van der Waals surface area contributed by atoms with E-state index >= 15 is 0 Å². The number of rotatable bonds is 14. The first kappa shape index (κ1) is 49.4. The summed E-state index contributed by atoms with van der Waals surface area (Å²) in [5.74, 6) is -21.4. The minimum Gasteiger partial charge on any atom is -0.457 e. The third-order valence-electron chi connectivity index (χ3n) is 12.1. The number of hydrogen-bond donors (Lipinski definition) is 0. The highest BCUT2D eigenvalue weighted by molar-refractivity contribution is 6.09. The highest BCUT2D eigenvalue weighted by Gasteiger charge is 2.42. The van der Waals surface area contributed by atoms with E-state index in [-0.39, 0.29) is 43.7 Å². The molecule has 0 amide bonds. The quantitative estimate of drug-likeness (QED) is 0.0457. The number of ketones is 1. The lowest BCUT2D eigenvalue weighted by atomic mass is 9.97. The Morgan fingerprint density at radius 1 is 0.338 bits per heavy atom. The van der Waals surface area contributed by atoms with Crippen LogP contribution in [0.5, 0.6) is 46.0 Å². The van der Waals surface area contributed by atoms with Crippen LogP contribution >= 0.6 is 0 Å². The summed E-state index contributed by atoms with van der Waals surface area (Å²) in [5.41, 5.74) is 2.08. The molecule has 9 nitrogen and oxygen atoms in total. The Bertz CT molecular complexity index is 3100. The van der Waals surface area contributed by atoms with Gasteiger partial charge in [-0.05, 0) is 153 Å². The van der Waals surface area contributed by atoms with Gasteiger partial charge < -0.3 is 37.9 Å². The summed E-state index contributed by atoms with van der Waals surface area (Å²) < 4.78 is 173. The largest absolute Gasteiger partial charge is 0.457 e. The highest BCUT2D eigenvalue weighted by atomic mass is 19.2. The number of halogens is 9. The molecule has 2 heterocycles. The number of hydrogen-bond acceptors (Lipinski definition) is 9. The molecular formula is C56H35F9O9. The maximum Gasteiger partial charge on any atom is 0.222 e. The number of carbonyl (C=O) groups is 1. The minimum absolute atomic E-state index is 0.0953. The molecule has 0 bridgehead atoms. The van der Waals surface area contributed by atoms with Crippen molar-refractivity contribution >= 4 is 5.78 Å². The maximum atomic E-state index is 14.5. The molecule has 0 N–H and O–H groups in total. The molecule has 2 fully saturated rings. The monoisotopic (exact) mass is 1020 g/mol. The summed E-state index contributed by atoms with van der Waals surface area (Å²) in [4.78, 5) is 13.5. The van der Waals surface area contributed by atoms with E-state index in [4.69, 9.17) is 37.9 Å². The van der Waals surface area contributed by atoms with Crippen LogP contribution in [0.1, 0.15) is 43.7 Å². The Hall–Kier alpha value is -8.16. The smallest absolute Gasteiger partial charge is 0.222 e. The van der Waals surface area contributed by atoms with Gasteiger partial charge in [-0.2, -0.15) is 17.6 Å². The topological polar surface area (TPSA) is 90.9 Å². The second-order valence-corrected chi connectivity index (χ2v) is 16.6. The van der Waals surface area contributed by atoms with E-state index in [0.29, 0.717) is 56.4 Å². The van der Waals surface area contributed by atoms with Gasteiger partial charge in [0.25, 0.3) is 0 Å². The number of benzene rings is 8. The number of ether oxygens (including phenoxy) is 8. The fourth-order valence-corrected chi connectivity index (χ4v) is 8.30. The number of carbonyl (C=O) groups excluding carboxylic acids is 1. The first-order valence-electron chi connectivity index (χ1n) is 22.4. The Labute approximate surface area is 414 Å². The molecular weight excluding hydrogens is 988 g/mol. The van der Waals surface area contributed by atoms with Gasteiger partial charge in [-0.15, -0.1) is 0 Å². The second kappa shape index (κ2) is 20.0. The van der Waals surface area contributed by atoms with E-state index in [1.165, 1.54) is 48.5 Å². The summed E-state index contributed by atoms with van der Waals surface area (Å²) in [5, 5.41) is 0. The van der Waals surface area contributed by atoms with Crippen LogP contribution in [0.4, 0.5) is 39.5 Å². The van der Waals surface area contributed by atoms with Gasteiger partial charge in [-0.25, -0.2) is 22.0 Å². The molecule has 8 aromatic rings. The fourth-order valence-electron chi connectivity index (χ4n) is 8.30. The molecule has 376 valence electrons. The van der Waals surface area contributed by atoms with Crippen molar-refractivity contribution in [2.75, 3.05) is 26.4 Å². The van der Waals surface area contributed by atoms with Crippen LogP contribution in [0, 0.1) is 59.3 Å². The molecule has 8 aromatic carbocycles. The Balaban J connectivity index is 0.752. The fraction of sp³-hybridized carbons (Fsp3) is 0.125. The molecule has 2 aliphatic heterocycles. The van der Waals surface area contributed by atoms with Gasteiger partial charge in [0.1, 0.15) is 34.5 Å². The predicted octanol–water partition coefficient (Wildman–Crippen LogP) is 14.1. The van der Waals surface area contributed by atoms with Crippen LogP contribution in [-0.4, -0.2) is 32.2 Å². The van der Waals surface area contributed by atoms with Crippen molar-refractivity contribution in [1.82, 2.24) is 0 Å². The molecule has 0 spiro atoms. The summed E-state index contributed by atoms with van der Waals surface area (Å²) in [6, 6.07) is 38.0. The summed E-state index contributed by atoms with van der Waals surface area (Å²) in [6.07, 6.45) is 0. The van der Waals surface area contributed by atoms with E-state index in [0.717, 1.165) is 6.92 Å². The van der Waals surface area contributed by atoms with Crippen LogP contribution in [0.15, 0.2) is 146 Å². The van der Waals surface area contributed by atoms with Crippen molar-refractivity contribution in [3.8, 4) is 46.0 Å². The summed E-state index contributed by atoms with van der Waals surface area (Å²) >= 11 is 0. The third-order valence-corrected chi connectivity index (χ3v) is 12.1. The summed E-state index contributed by atoms with van der Waals surface area (Å²) in [6.45, 7) is 1.86. The standard InChI is InChI=1S/C56H35F9O9/c1-30-43(57)48(62)53(49(63)44(30)58)73-41-22-10-35(11-23-41)55(67-26-27-68-55)33-6-18-39(19-7-33)71-37-14-2-31(3-15-37)52(66)32-4-16-38(17-5-32)72-40-20-8-34(9-21-40)56(69-28-29-70-56)36-12-24-42(25-13-36)74-54-50(64)46(60)45(59)47(61)51(54)65/h2-25H,26-29H2,1H3. The zero-order valence-electron chi connectivity index (χ0n) is 38.3. The SMILES string of the molecule is Cc1c(F)c(F)c(Oc2ccc(C3(c4ccc(Oc5ccc(C(=O)c6ccc(Oc7ccc(C8(c9ccc(Oc%10c(F)c(F)c(F)c(F)c%10F)cc9)OCCO8)cc7)cc6)cc5)cc4)OCCO3)cc2)c(F)c1F. The van der Waals surface area contributed by atoms with Crippen molar-refractivity contribution in [2.24, 2.45) is 0 Å². The third kappa shape index (κ3) is 9.17. The molecule has 10 rings (SSSR count). The molecule has 18 heteroatoms. The first-order chi connectivity index (χ1) is 35.7. The van der Waals surface area contributed by atoms with E-state index < -0.39 is 81.0 Å². The van der Waals surface area contributed by atoms with Crippen molar-refractivity contribution in [3.05, 3.63) is 237 Å². The first-order valence-corrected chi connectivity index (χ1v) is 22.4. The van der Waals surface area contributed by atoms with Gasteiger partial charge in [0.2, 0.25) is 63.8 Å². The van der Waals surface area contributed by atoms with Crippen LogP contribution in [0.25, 0.3) is 0 Å². The van der Waals surface area contributed by atoms with E-state index in [1.807, 2.05) is 0 Å². The molecule has 0 aliphatic carbocycles. The molecule has 74 heavy (non-hydrogen) atoms. The molecule has 0 radical (unpaired) electrons. The predicted molar refractivity (Wildman–Crippen MR) is 245 cm³/mol. The lowest BCUT2D eigenvalue weighted by molar-refractivity contribution is -0.130. The van der Waals surface area contributed by atoms with Crippen LogP contribution in [0.2, 0.25) is 0 Å². The van der Waals surface area contributed by atoms with Gasteiger partial charge in [-0.3, -0.25) is 4.79 Å². The van der Waals surface area contributed by atoms with Gasteiger partial charge in [-0.1, -0.05) is 0 Å². The van der Waals surface area contributed by atoms with Gasteiger partial charge in [0.05, 0.1) is 26.4 Å². The average molecular weight is 1020 g/mol. The molecule has 2 aliphatic rings. The Morgan fingerprint density at radius 3 is 0.851 bits per heavy atom. The maximum absolute atomic E-state index is 14.5. The van der Waals surface area contributed by atoms with Crippen LogP contribution in [-0.2, 0) is 30.5 Å². The van der Waals surface area contributed by atoms with E-state index in [2.05, 4.69) is 0 Å². The van der Waals surface area contributed by atoms with Crippen molar-refractivity contribution < 1.29 is 82.2 Å². The molecule has 0 unspecified atom stereocenters. The van der Waals surface area contributed by atoms with Gasteiger partial charge >= 0.3 is 0 Å². The summed E-state index contributed by atoms with van der Waals surface area (Å²) in [7, 11) is 0. The molecule has 0 atom stereocenters. The highest BCUT2D eigenvalue weighted by Crippen LogP contribution is 2.43. The Morgan fingerprint density at radius 2 is 0.568 bits per heavy atom. The lowest BCUT2D eigenvalue weighted by Gasteiger charge is -2.28. The molecule has 0 aromatic heterocycles. The van der Waals surface area contributed by atoms with E-state index in [1.54, 1.807) is 97.1 Å². The molecule has 0 saturated carbocycles. The lowest BCUT2D eigenvalue weighted by Crippen LogP contribution is -2.28. The van der Waals surface area contributed by atoms with Crippen molar-refractivity contribution in [2.45, 2.75) is 18.5 Å². The Kier molecular flexibility index (Phi) is 13.4. The zero-order valence-corrected chi connectivity index (χ0v) is 38.3. The van der Waals surface area contributed by atoms with Gasteiger partial charge in [0, 0.05) is 38.9 Å². The van der Waals surface area contributed by atoms with Gasteiger partial charge in [0.15, 0.2) is 17.4 Å². The van der Waals surface area contributed by atoms with Crippen LogP contribution < -0.4 is 18.9 Å². The minimum atomic E-state index is -2.30. The van der Waals surface area contributed by atoms with Crippen molar-refractivity contribution in [3.63, 3.8) is 0 Å². The normalized spacial score (nSPS) is 14.7. The molecule has 2 saturated heterocycles. The second-order valence-electron chi connectivity index (χ2n) is 16.6. The van der Waals surface area contributed by atoms with Crippen LogP contribution in [0.3, 0.4) is 0 Å².